The first kappa shape index (κ1) is 15.7. The molecular formula is C15H14N2O4S. The SMILES string of the molecule is COc1cc(/C=N/NC(=O)c2cccs2)ccc1OC(C)=O. The number of nitrogens with zero attached hydrogens (tertiary/aromatic N) is 1. The minimum atomic E-state index is -0.428. The fraction of sp³-hybridized carbons (Fsp3) is 0.133. The van der Waals surface area contributed by atoms with Gasteiger partial charge in [-0.05, 0) is 35.2 Å². The molecule has 0 spiro atoms. The van der Waals surface area contributed by atoms with Crippen LogP contribution in [0.2, 0.25) is 0 Å². The smallest absolute Gasteiger partial charge is 0.308 e. The molecule has 0 aliphatic carbocycles. The molecule has 0 bridgehead atoms. The van der Waals surface area contributed by atoms with Crippen LogP contribution in [0.15, 0.2) is 40.8 Å². The number of thiophene rings is 1. The molecule has 0 unspecified atom stereocenters. The molecular weight excluding hydrogens is 304 g/mol. The summed E-state index contributed by atoms with van der Waals surface area (Å²) in [6.07, 6.45) is 1.48. The van der Waals surface area contributed by atoms with Crippen LogP contribution in [0.4, 0.5) is 0 Å². The van der Waals surface area contributed by atoms with Crippen molar-refractivity contribution in [3.63, 3.8) is 0 Å². The van der Waals surface area contributed by atoms with E-state index in [9.17, 15) is 9.59 Å². The molecule has 2 rings (SSSR count). The van der Waals surface area contributed by atoms with Crippen molar-refractivity contribution < 1.29 is 19.1 Å². The molecule has 0 radical (unpaired) electrons. The Balaban J connectivity index is 2.05. The summed E-state index contributed by atoms with van der Waals surface area (Å²) in [4.78, 5) is 23.3. The molecule has 0 atom stereocenters. The van der Waals surface area contributed by atoms with E-state index >= 15 is 0 Å². The zero-order chi connectivity index (χ0) is 15.9. The summed E-state index contributed by atoms with van der Waals surface area (Å²) in [7, 11) is 1.47. The molecule has 0 aliphatic heterocycles. The lowest BCUT2D eigenvalue weighted by atomic mass is 10.2. The van der Waals surface area contributed by atoms with Crippen LogP contribution in [0.25, 0.3) is 0 Å². The van der Waals surface area contributed by atoms with Crippen LogP contribution < -0.4 is 14.9 Å². The Morgan fingerprint density at radius 3 is 2.73 bits per heavy atom. The number of amides is 1. The van der Waals surface area contributed by atoms with Crippen molar-refractivity contribution in [2.45, 2.75) is 6.92 Å². The zero-order valence-electron chi connectivity index (χ0n) is 12.0. The predicted molar refractivity (Wildman–Crippen MR) is 83.7 cm³/mol. The van der Waals surface area contributed by atoms with E-state index < -0.39 is 5.97 Å². The molecule has 0 fully saturated rings. The third-order valence-corrected chi connectivity index (χ3v) is 3.43. The van der Waals surface area contributed by atoms with E-state index in [2.05, 4.69) is 10.5 Å². The van der Waals surface area contributed by atoms with Gasteiger partial charge in [0, 0.05) is 6.92 Å². The summed E-state index contributed by atoms with van der Waals surface area (Å²) in [6.45, 7) is 1.31. The van der Waals surface area contributed by atoms with Crippen molar-refractivity contribution in [3.8, 4) is 11.5 Å². The van der Waals surface area contributed by atoms with Crippen LogP contribution in [0.3, 0.4) is 0 Å². The van der Waals surface area contributed by atoms with Crippen LogP contribution in [-0.4, -0.2) is 25.2 Å². The zero-order valence-corrected chi connectivity index (χ0v) is 12.8. The fourth-order valence-electron chi connectivity index (χ4n) is 1.63. The number of rotatable bonds is 5. The molecule has 1 heterocycles. The number of hydrogen-bond donors (Lipinski definition) is 1. The van der Waals surface area contributed by atoms with Crippen molar-refractivity contribution in [1.82, 2.24) is 5.43 Å². The molecule has 0 aliphatic rings. The second kappa shape index (κ2) is 7.37. The fourth-order valence-corrected chi connectivity index (χ4v) is 2.25. The normalized spacial score (nSPS) is 10.5. The van der Waals surface area contributed by atoms with E-state index in [0.717, 1.165) is 0 Å². The highest BCUT2D eigenvalue weighted by Crippen LogP contribution is 2.27. The number of hydrazone groups is 1. The van der Waals surface area contributed by atoms with Gasteiger partial charge < -0.3 is 9.47 Å². The van der Waals surface area contributed by atoms with Crippen molar-refractivity contribution in [2.75, 3.05) is 7.11 Å². The monoisotopic (exact) mass is 318 g/mol. The van der Waals surface area contributed by atoms with Crippen molar-refractivity contribution >= 4 is 29.4 Å². The van der Waals surface area contributed by atoms with Gasteiger partial charge in [-0.1, -0.05) is 6.07 Å². The third-order valence-electron chi connectivity index (χ3n) is 2.57. The van der Waals surface area contributed by atoms with E-state index in [0.29, 0.717) is 21.9 Å². The Labute approximate surface area is 131 Å². The largest absolute Gasteiger partial charge is 0.493 e. The molecule has 7 heteroatoms. The Morgan fingerprint density at radius 2 is 2.09 bits per heavy atom. The van der Waals surface area contributed by atoms with E-state index in [-0.39, 0.29) is 5.91 Å². The van der Waals surface area contributed by atoms with Crippen molar-refractivity contribution in [2.24, 2.45) is 5.10 Å². The maximum Gasteiger partial charge on any atom is 0.308 e. The highest BCUT2D eigenvalue weighted by atomic mass is 32.1. The number of carbonyl (C=O) groups excluding carboxylic acids is 2. The van der Waals surface area contributed by atoms with Crippen molar-refractivity contribution in [1.29, 1.82) is 0 Å². The number of nitrogens with one attached hydrogen (secondary N) is 1. The van der Waals surface area contributed by atoms with E-state index in [1.54, 1.807) is 30.3 Å². The van der Waals surface area contributed by atoms with Gasteiger partial charge in [-0.2, -0.15) is 5.10 Å². The van der Waals surface area contributed by atoms with Crippen LogP contribution in [-0.2, 0) is 4.79 Å². The Kier molecular flexibility index (Phi) is 5.26. The van der Waals surface area contributed by atoms with Gasteiger partial charge in [0.2, 0.25) is 0 Å². The van der Waals surface area contributed by atoms with Gasteiger partial charge >= 0.3 is 5.97 Å². The Hall–Kier alpha value is -2.67. The van der Waals surface area contributed by atoms with Gasteiger partial charge in [-0.3, -0.25) is 9.59 Å². The molecule has 1 N–H and O–H groups in total. The standard InChI is InChI=1S/C15H14N2O4S/c1-10(18)21-12-6-5-11(8-13(12)20-2)9-16-17-15(19)14-4-3-7-22-14/h3-9H,1-2H3,(H,17,19)/b16-9+. The second-order valence-electron chi connectivity index (χ2n) is 4.18. The van der Waals surface area contributed by atoms with Crippen LogP contribution in [0.5, 0.6) is 11.5 Å². The highest BCUT2D eigenvalue weighted by molar-refractivity contribution is 7.12. The van der Waals surface area contributed by atoms with E-state index in [1.807, 2.05) is 5.38 Å². The topological polar surface area (TPSA) is 77.0 Å². The van der Waals surface area contributed by atoms with Crippen LogP contribution in [0.1, 0.15) is 22.2 Å². The predicted octanol–water partition coefficient (Wildman–Crippen LogP) is 2.45. The van der Waals surface area contributed by atoms with E-state index in [1.165, 1.54) is 31.6 Å². The molecule has 22 heavy (non-hydrogen) atoms. The number of benzene rings is 1. The first-order chi connectivity index (χ1) is 10.6. The lowest BCUT2D eigenvalue weighted by Gasteiger charge is -2.08. The second-order valence-corrected chi connectivity index (χ2v) is 5.13. The number of methoxy groups -OCH3 is 1. The first-order valence-corrected chi connectivity index (χ1v) is 7.21. The average Bonchev–Trinajstić information content (AvgIpc) is 3.02. The van der Waals surface area contributed by atoms with Gasteiger partial charge in [0.15, 0.2) is 11.5 Å². The Bertz CT molecular complexity index is 696. The highest BCUT2D eigenvalue weighted by Gasteiger charge is 2.07. The minimum absolute atomic E-state index is 0.269. The molecule has 1 aromatic heterocycles. The van der Waals surface area contributed by atoms with Crippen molar-refractivity contribution in [3.05, 3.63) is 46.2 Å². The molecule has 2 aromatic rings. The summed E-state index contributed by atoms with van der Waals surface area (Å²) in [5.41, 5.74) is 3.13. The molecule has 0 saturated carbocycles. The number of esters is 1. The van der Waals surface area contributed by atoms with E-state index in [4.69, 9.17) is 9.47 Å². The minimum Gasteiger partial charge on any atom is -0.493 e. The average molecular weight is 318 g/mol. The summed E-state index contributed by atoms with van der Waals surface area (Å²) in [5.74, 6) is 0.0381. The summed E-state index contributed by atoms with van der Waals surface area (Å²) in [6, 6.07) is 8.46. The van der Waals surface area contributed by atoms with Gasteiger partial charge in [0.1, 0.15) is 0 Å². The maximum absolute atomic E-state index is 11.7. The number of ether oxygens (including phenoxy) is 2. The quantitative estimate of drug-likeness (QED) is 0.397. The van der Waals surface area contributed by atoms with Gasteiger partial charge in [0.05, 0.1) is 18.2 Å². The molecule has 0 saturated heterocycles. The summed E-state index contributed by atoms with van der Waals surface area (Å²) in [5, 5.41) is 5.70. The lowest BCUT2D eigenvalue weighted by Crippen LogP contribution is -2.16. The lowest BCUT2D eigenvalue weighted by molar-refractivity contribution is -0.132. The maximum atomic E-state index is 11.7. The molecule has 6 nitrogen and oxygen atoms in total. The first-order valence-electron chi connectivity index (χ1n) is 6.33. The summed E-state index contributed by atoms with van der Waals surface area (Å²) >= 11 is 1.34. The Morgan fingerprint density at radius 1 is 1.27 bits per heavy atom. The summed E-state index contributed by atoms with van der Waals surface area (Å²) < 4.78 is 10.2. The molecule has 114 valence electrons. The van der Waals surface area contributed by atoms with Crippen LogP contribution in [0, 0.1) is 0 Å². The molecule has 1 aromatic carbocycles. The van der Waals surface area contributed by atoms with Gasteiger partial charge in [-0.25, -0.2) is 5.43 Å². The van der Waals surface area contributed by atoms with Gasteiger partial charge in [-0.15, -0.1) is 11.3 Å². The van der Waals surface area contributed by atoms with Gasteiger partial charge in [0.25, 0.3) is 5.91 Å². The number of carbonyl (C=O) groups is 2. The molecule has 1 amide bonds. The van der Waals surface area contributed by atoms with Crippen LogP contribution >= 0.6 is 11.3 Å². The third kappa shape index (κ3) is 4.16. The number of hydrogen-bond acceptors (Lipinski definition) is 6.